The number of nitro groups is 1. The van der Waals surface area contributed by atoms with Crippen molar-refractivity contribution in [2.75, 3.05) is 0 Å². The van der Waals surface area contributed by atoms with E-state index in [9.17, 15) is 10.1 Å². The Kier molecular flexibility index (Phi) is 5.67. The molecule has 6 heteroatoms. The third-order valence-corrected chi connectivity index (χ3v) is 3.03. The van der Waals surface area contributed by atoms with E-state index in [1.165, 1.54) is 12.1 Å². The van der Waals surface area contributed by atoms with E-state index in [2.05, 4.69) is 39.6 Å². The number of rotatable bonds is 3. The van der Waals surface area contributed by atoms with Crippen molar-refractivity contribution in [3.63, 3.8) is 0 Å². The smallest absolute Gasteiger partial charge is 0.461 e. The molecule has 0 radical (unpaired) electrons. The number of hydrogen-bond acceptors (Lipinski definition) is 3. The van der Waals surface area contributed by atoms with Crippen LogP contribution in [0, 0.1) is 20.9 Å². The number of benzene rings is 1. The largest absolute Gasteiger partial charge is 1.00 e. The fraction of sp³-hybridized carbons (Fsp3) is 0.571. The lowest BCUT2D eigenvalue weighted by atomic mass is 9.72. The van der Waals surface area contributed by atoms with E-state index < -0.39 is 4.92 Å². The van der Waals surface area contributed by atoms with Gasteiger partial charge in [-0.2, -0.15) is 0 Å². The van der Waals surface area contributed by atoms with Crippen LogP contribution >= 0.6 is 0 Å². The van der Waals surface area contributed by atoms with Gasteiger partial charge >= 0.3 is 11.4 Å². The molecule has 1 aromatic carbocycles. The zero-order valence-corrected chi connectivity index (χ0v) is 13.2. The highest BCUT2D eigenvalue weighted by atomic mass is 35.5. The third-order valence-electron chi connectivity index (χ3n) is 3.03. The van der Waals surface area contributed by atoms with Crippen molar-refractivity contribution < 1.29 is 17.3 Å². The van der Waals surface area contributed by atoms with E-state index in [0.717, 1.165) is 12.0 Å². The van der Waals surface area contributed by atoms with E-state index in [1.807, 2.05) is 0 Å². The molecule has 0 saturated carbocycles. The molecule has 0 N–H and O–H groups in total. The second-order valence-electron chi connectivity index (χ2n) is 6.68. The van der Waals surface area contributed by atoms with Crippen LogP contribution in [-0.4, -0.2) is 4.92 Å². The summed E-state index contributed by atoms with van der Waals surface area (Å²) in [6.07, 6.45) is 0.896. The van der Waals surface area contributed by atoms with Crippen LogP contribution in [0.4, 0.5) is 11.4 Å². The molecule has 0 atom stereocenters. The van der Waals surface area contributed by atoms with Gasteiger partial charge in [-0.05, 0) is 28.9 Å². The highest BCUT2D eigenvalue weighted by Crippen LogP contribution is 2.39. The summed E-state index contributed by atoms with van der Waals surface area (Å²) in [6, 6.07) is 4.77. The van der Waals surface area contributed by atoms with Gasteiger partial charge in [0.25, 0.3) is 0 Å². The van der Waals surface area contributed by atoms with Crippen LogP contribution in [0.5, 0.6) is 0 Å². The molecular weight excluding hydrogens is 278 g/mol. The summed E-state index contributed by atoms with van der Waals surface area (Å²) >= 11 is 0. The fourth-order valence-electron chi connectivity index (χ4n) is 2.60. The maximum Gasteiger partial charge on any atom is 0.461 e. The summed E-state index contributed by atoms with van der Waals surface area (Å²) < 4.78 is 0. The van der Waals surface area contributed by atoms with Gasteiger partial charge in [0.1, 0.15) is 0 Å². The Morgan fingerprint density at radius 2 is 1.80 bits per heavy atom. The first-order chi connectivity index (χ1) is 8.57. The average Bonchev–Trinajstić information content (AvgIpc) is 2.24. The predicted molar refractivity (Wildman–Crippen MR) is 74.9 cm³/mol. The van der Waals surface area contributed by atoms with Crippen LogP contribution in [0.15, 0.2) is 18.2 Å². The second-order valence-corrected chi connectivity index (χ2v) is 6.68. The van der Waals surface area contributed by atoms with Gasteiger partial charge in [-0.25, -0.2) is 0 Å². The highest BCUT2D eigenvalue weighted by Gasteiger charge is 2.32. The highest BCUT2D eigenvalue weighted by molar-refractivity contribution is 5.63. The van der Waals surface area contributed by atoms with Crippen molar-refractivity contribution in [1.82, 2.24) is 0 Å². The lowest BCUT2D eigenvalue weighted by molar-refractivity contribution is -0.383. The molecular formula is C14H20ClN3O2. The van der Waals surface area contributed by atoms with Gasteiger partial charge in [0, 0.05) is 12.1 Å². The van der Waals surface area contributed by atoms with E-state index in [0.29, 0.717) is 0 Å². The van der Waals surface area contributed by atoms with Gasteiger partial charge in [0.15, 0.2) is 4.98 Å². The van der Waals surface area contributed by atoms with Gasteiger partial charge in [0.05, 0.1) is 4.92 Å². The molecule has 0 bridgehead atoms. The molecule has 0 fully saturated rings. The molecule has 0 saturated heterocycles. The minimum atomic E-state index is -0.522. The van der Waals surface area contributed by atoms with Crippen molar-refractivity contribution in [1.29, 1.82) is 5.39 Å². The van der Waals surface area contributed by atoms with E-state index >= 15 is 0 Å². The number of hydrogen-bond donors (Lipinski definition) is 0. The molecule has 20 heavy (non-hydrogen) atoms. The first-order valence-electron chi connectivity index (χ1n) is 6.21. The third kappa shape index (κ3) is 4.46. The summed E-state index contributed by atoms with van der Waals surface area (Å²) in [5, 5.41) is 19.7. The minimum Gasteiger partial charge on any atom is -1.00 e. The van der Waals surface area contributed by atoms with E-state index in [1.54, 1.807) is 6.07 Å². The maximum atomic E-state index is 11.0. The lowest BCUT2D eigenvalue weighted by Crippen LogP contribution is -3.00. The quantitative estimate of drug-likeness (QED) is 0.485. The van der Waals surface area contributed by atoms with Gasteiger partial charge < -0.3 is 12.4 Å². The molecule has 5 nitrogen and oxygen atoms in total. The molecule has 0 aromatic heterocycles. The van der Waals surface area contributed by atoms with E-state index in [-0.39, 0.29) is 34.6 Å². The monoisotopic (exact) mass is 297 g/mol. The minimum absolute atomic E-state index is 0. The Bertz CT molecular complexity index is 542. The summed E-state index contributed by atoms with van der Waals surface area (Å²) in [5.41, 5.74) is 0.638. The van der Waals surface area contributed by atoms with Crippen LogP contribution in [0.3, 0.4) is 0 Å². The van der Waals surface area contributed by atoms with Crippen LogP contribution in [0.25, 0.3) is 4.98 Å². The zero-order valence-electron chi connectivity index (χ0n) is 12.5. The first-order valence-corrected chi connectivity index (χ1v) is 6.21. The Morgan fingerprint density at radius 3 is 2.20 bits per heavy atom. The molecule has 0 aliphatic heterocycles. The Labute approximate surface area is 125 Å². The Morgan fingerprint density at radius 1 is 1.25 bits per heavy atom. The van der Waals surface area contributed by atoms with Crippen molar-refractivity contribution in [2.24, 2.45) is 5.41 Å². The number of diazo groups is 1. The number of halogens is 1. The van der Waals surface area contributed by atoms with Crippen LogP contribution in [-0.2, 0) is 5.41 Å². The predicted octanol–water partition coefficient (Wildman–Crippen LogP) is 1.80. The molecule has 1 aromatic rings. The van der Waals surface area contributed by atoms with Crippen molar-refractivity contribution in [3.8, 4) is 0 Å². The normalized spacial score (nSPS) is 11.4. The standard InChI is InChI=1S/C14H20N3O2.ClH/c1-13(2,3)9-14(4,5)10-6-7-11(16-15)12(8-10)17(18)19;/h6-8H,9H2,1-5H3;1H/q+1;/p-1. The molecule has 0 heterocycles. The number of nitrogens with zero attached hydrogens (tertiary/aromatic N) is 3. The molecule has 0 aliphatic carbocycles. The van der Waals surface area contributed by atoms with Gasteiger partial charge in [-0.3, -0.25) is 10.1 Å². The topological polar surface area (TPSA) is 71.3 Å². The van der Waals surface area contributed by atoms with Gasteiger partial charge in [-0.1, -0.05) is 34.6 Å². The molecule has 0 unspecified atom stereocenters. The maximum absolute atomic E-state index is 11.0. The first kappa shape index (κ1) is 18.3. The molecule has 0 aliphatic rings. The molecule has 0 spiro atoms. The Balaban J connectivity index is 0.00000361. The SMILES string of the molecule is CC(C)(C)CC(C)(C)c1ccc([N+]#N)c([N+](=O)[O-])c1.[Cl-]. The van der Waals surface area contributed by atoms with Crippen molar-refractivity contribution in [3.05, 3.63) is 38.9 Å². The summed E-state index contributed by atoms with van der Waals surface area (Å²) in [6.45, 7) is 10.5. The molecule has 1 rings (SSSR count). The lowest BCUT2D eigenvalue weighted by Gasteiger charge is -2.32. The summed E-state index contributed by atoms with van der Waals surface area (Å²) in [5.74, 6) is 0. The molecule has 0 amide bonds. The zero-order chi connectivity index (χ0) is 14.8. The fourth-order valence-corrected chi connectivity index (χ4v) is 2.60. The van der Waals surface area contributed by atoms with Crippen LogP contribution < -0.4 is 12.4 Å². The second kappa shape index (κ2) is 6.19. The van der Waals surface area contributed by atoms with Crippen molar-refractivity contribution in [2.45, 2.75) is 46.5 Å². The number of nitro benzene ring substituents is 1. The summed E-state index contributed by atoms with van der Waals surface area (Å²) in [4.78, 5) is 13.4. The Hall–Kier alpha value is -1.67. The summed E-state index contributed by atoms with van der Waals surface area (Å²) in [7, 11) is 0. The average molecular weight is 298 g/mol. The van der Waals surface area contributed by atoms with Crippen LogP contribution in [0.2, 0.25) is 0 Å². The van der Waals surface area contributed by atoms with Gasteiger partial charge in [-0.15, -0.1) is 0 Å². The molecule has 110 valence electrons. The van der Waals surface area contributed by atoms with Gasteiger partial charge in [0.2, 0.25) is 5.39 Å². The van der Waals surface area contributed by atoms with E-state index in [4.69, 9.17) is 5.39 Å². The van der Waals surface area contributed by atoms with Crippen LogP contribution in [0.1, 0.15) is 46.6 Å². The van der Waals surface area contributed by atoms with Crippen molar-refractivity contribution >= 4 is 11.4 Å².